The van der Waals surface area contributed by atoms with Gasteiger partial charge in [0.15, 0.2) is 0 Å². The lowest BCUT2D eigenvalue weighted by atomic mass is 9.92. The van der Waals surface area contributed by atoms with Gasteiger partial charge in [0.25, 0.3) is 11.8 Å². The maximum absolute atomic E-state index is 12.6. The Morgan fingerprint density at radius 3 is 2.39 bits per heavy atom. The molecule has 0 radical (unpaired) electrons. The second-order valence-corrected chi connectivity index (χ2v) is 7.02. The van der Waals surface area contributed by atoms with E-state index < -0.39 is 17.7 Å². The van der Waals surface area contributed by atoms with Crippen LogP contribution in [0.2, 0.25) is 5.02 Å². The lowest BCUT2D eigenvalue weighted by molar-refractivity contribution is 0.0879. The number of fused-ring (bicyclic) bond motifs is 5. The molecule has 1 aliphatic heterocycles. The molecule has 5 rings (SSSR count). The summed E-state index contributed by atoms with van der Waals surface area (Å²) >= 11 is 6.35. The number of imide groups is 1. The fourth-order valence-corrected chi connectivity index (χ4v) is 4.04. The molecule has 1 aliphatic rings. The first-order chi connectivity index (χ1) is 13.5. The number of benzene rings is 3. The van der Waals surface area contributed by atoms with Crippen LogP contribution in [0.25, 0.3) is 32.9 Å². The summed E-state index contributed by atoms with van der Waals surface area (Å²) < 4.78 is 0. The number of hydrogen-bond acceptors (Lipinski definition) is 3. The molecule has 0 saturated heterocycles. The monoisotopic (exact) mass is 389 g/mol. The fraction of sp³-hybridized carbons (Fsp3) is 0. The van der Waals surface area contributed by atoms with Gasteiger partial charge in [0, 0.05) is 38.0 Å². The van der Waals surface area contributed by atoms with Crippen molar-refractivity contribution in [2.24, 2.45) is 5.73 Å². The Labute approximate surface area is 163 Å². The molecule has 3 aromatic carbocycles. The average molecular weight is 390 g/mol. The van der Waals surface area contributed by atoms with Gasteiger partial charge in [-0.15, -0.1) is 0 Å². The molecule has 6 nitrogen and oxygen atoms in total. The van der Waals surface area contributed by atoms with Crippen LogP contribution >= 0.6 is 11.6 Å². The number of carbonyl (C=O) groups is 3. The minimum atomic E-state index is -0.568. The Morgan fingerprint density at radius 1 is 0.893 bits per heavy atom. The highest BCUT2D eigenvalue weighted by Crippen LogP contribution is 2.40. The minimum Gasteiger partial charge on any atom is -0.366 e. The lowest BCUT2D eigenvalue weighted by Gasteiger charge is -2.09. The Balaban J connectivity index is 1.96. The quantitative estimate of drug-likeness (QED) is 0.456. The Bertz CT molecular complexity index is 1370. The summed E-state index contributed by atoms with van der Waals surface area (Å²) in [4.78, 5) is 40.1. The van der Waals surface area contributed by atoms with Crippen molar-refractivity contribution >= 4 is 51.1 Å². The van der Waals surface area contributed by atoms with Crippen molar-refractivity contribution in [2.75, 3.05) is 0 Å². The van der Waals surface area contributed by atoms with Crippen LogP contribution < -0.4 is 11.1 Å². The largest absolute Gasteiger partial charge is 0.366 e. The van der Waals surface area contributed by atoms with Gasteiger partial charge in [0.1, 0.15) is 0 Å². The standard InChI is InChI=1S/C21H12ClN3O3/c22-13-4-2-1-3-10(13)11-8-15-16(18-17(11)20(27)25-21(18)28)12-7-9(19(23)26)5-6-14(12)24-15/h1-8,24H,(H2,23,26)(H,25,27,28). The van der Waals surface area contributed by atoms with Gasteiger partial charge in [-0.1, -0.05) is 29.8 Å². The van der Waals surface area contributed by atoms with Gasteiger partial charge in [0.05, 0.1) is 11.1 Å². The highest BCUT2D eigenvalue weighted by molar-refractivity contribution is 6.36. The van der Waals surface area contributed by atoms with Gasteiger partial charge in [-0.05, 0) is 35.9 Å². The van der Waals surface area contributed by atoms with Crippen molar-refractivity contribution in [1.82, 2.24) is 10.3 Å². The van der Waals surface area contributed by atoms with Crippen molar-refractivity contribution < 1.29 is 14.4 Å². The number of amides is 3. The summed E-state index contributed by atoms with van der Waals surface area (Å²) in [7, 11) is 0. The second-order valence-electron chi connectivity index (χ2n) is 6.61. The number of carbonyl (C=O) groups excluding carboxylic acids is 3. The zero-order chi connectivity index (χ0) is 19.6. The summed E-state index contributed by atoms with van der Waals surface area (Å²) in [5.41, 5.74) is 8.88. The molecular formula is C21H12ClN3O3. The SMILES string of the molecule is NC(=O)c1ccc2[nH]c3cc(-c4ccccc4Cl)c4c(c3c2c1)C(=O)NC4=O. The summed E-state index contributed by atoms with van der Waals surface area (Å²) in [6.45, 7) is 0. The number of nitrogens with two attached hydrogens (primary N) is 1. The highest BCUT2D eigenvalue weighted by atomic mass is 35.5. The van der Waals surface area contributed by atoms with Crippen molar-refractivity contribution in [2.45, 2.75) is 0 Å². The number of H-pyrrole nitrogens is 1. The normalized spacial score (nSPS) is 13.2. The molecule has 0 aliphatic carbocycles. The summed E-state index contributed by atoms with van der Waals surface area (Å²) in [6.07, 6.45) is 0. The molecule has 0 atom stereocenters. The van der Waals surface area contributed by atoms with E-state index in [4.69, 9.17) is 17.3 Å². The third-order valence-electron chi connectivity index (χ3n) is 5.02. The Hall–Kier alpha value is -3.64. The zero-order valence-corrected chi connectivity index (χ0v) is 15.1. The van der Waals surface area contributed by atoms with E-state index in [2.05, 4.69) is 10.3 Å². The number of aromatic amines is 1. The first-order valence-corrected chi connectivity index (χ1v) is 8.86. The first-order valence-electron chi connectivity index (χ1n) is 8.48. The highest BCUT2D eigenvalue weighted by Gasteiger charge is 2.34. The average Bonchev–Trinajstić information content (AvgIpc) is 3.17. The molecule has 4 aromatic rings. The molecule has 7 heteroatoms. The lowest BCUT2D eigenvalue weighted by Crippen LogP contribution is -2.20. The molecule has 4 N–H and O–H groups in total. The summed E-state index contributed by atoms with van der Waals surface area (Å²) in [5.74, 6) is -1.53. The predicted molar refractivity (Wildman–Crippen MR) is 107 cm³/mol. The molecule has 136 valence electrons. The third kappa shape index (κ3) is 2.18. The van der Waals surface area contributed by atoms with Crippen LogP contribution in [0.15, 0.2) is 48.5 Å². The fourth-order valence-electron chi connectivity index (χ4n) is 3.80. The Morgan fingerprint density at radius 2 is 1.64 bits per heavy atom. The number of nitrogens with one attached hydrogen (secondary N) is 2. The van der Waals surface area contributed by atoms with Crippen LogP contribution in [0, 0.1) is 0 Å². The predicted octanol–water partition coefficient (Wildman–Crippen LogP) is 3.62. The molecule has 1 aromatic heterocycles. The van der Waals surface area contributed by atoms with Gasteiger partial charge in [0.2, 0.25) is 5.91 Å². The molecule has 0 spiro atoms. The molecule has 3 amide bonds. The van der Waals surface area contributed by atoms with E-state index in [0.29, 0.717) is 38.0 Å². The van der Waals surface area contributed by atoms with Crippen LogP contribution in [-0.4, -0.2) is 22.7 Å². The number of primary amides is 1. The van der Waals surface area contributed by atoms with Crippen molar-refractivity contribution in [3.05, 3.63) is 70.2 Å². The number of hydrogen-bond donors (Lipinski definition) is 3. The van der Waals surface area contributed by atoms with Crippen molar-refractivity contribution in [3.8, 4) is 11.1 Å². The van der Waals surface area contributed by atoms with E-state index in [1.165, 1.54) is 0 Å². The van der Waals surface area contributed by atoms with E-state index in [0.717, 1.165) is 5.52 Å². The van der Waals surface area contributed by atoms with Gasteiger partial charge in [-0.25, -0.2) is 0 Å². The summed E-state index contributed by atoms with van der Waals surface area (Å²) in [6, 6.07) is 13.9. The maximum Gasteiger partial charge on any atom is 0.259 e. The third-order valence-corrected chi connectivity index (χ3v) is 5.34. The van der Waals surface area contributed by atoms with E-state index in [1.54, 1.807) is 42.5 Å². The smallest absolute Gasteiger partial charge is 0.259 e. The van der Waals surface area contributed by atoms with Gasteiger partial charge in [-0.2, -0.15) is 0 Å². The number of halogens is 1. The molecule has 0 saturated carbocycles. The van der Waals surface area contributed by atoms with E-state index in [-0.39, 0.29) is 11.1 Å². The van der Waals surface area contributed by atoms with Crippen LogP contribution in [-0.2, 0) is 0 Å². The minimum absolute atomic E-state index is 0.269. The number of aromatic nitrogens is 1. The van der Waals surface area contributed by atoms with Crippen molar-refractivity contribution in [1.29, 1.82) is 0 Å². The topological polar surface area (TPSA) is 105 Å². The zero-order valence-electron chi connectivity index (χ0n) is 14.3. The Kier molecular flexibility index (Phi) is 3.35. The molecule has 28 heavy (non-hydrogen) atoms. The number of rotatable bonds is 2. The maximum atomic E-state index is 12.6. The van der Waals surface area contributed by atoms with Crippen LogP contribution in [0.5, 0.6) is 0 Å². The van der Waals surface area contributed by atoms with Gasteiger partial charge >= 0.3 is 0 Å². The summed E-state index contributed by atoms with van der Waals surface area (Å²) in [5, 5.41) is 4.07. The first kappa shape index (κ1) is 16.5. The molecule has 0 bridgehead atoms. The van der Waals surface area contributed by atoms with Crippen LogP contribution in [0.4, 0.5) is 0 Å². The van der Waals surface area contributed by atoms with Gasteiger partial charge in [-0.3, -0.25) is 19.7 Å². The van der Waals surface area contributed by atoms with E-state index in [9.17, 15) is 14.4 Å². The second kappa shape index (κ2) is 5.68. The van der Waals surface area contributed by atoms with Crippen molar-refractivity contribution in [3.63, 3.8) is 0 Å². The molecular weight excluding hydrogens is 378 g/mol. The molecule has 0 unspecified atom stereocenters. The molecule has 0 fully saturated rings. The van der Waals surface area contributed by atoms with E-state index >= 15 is 0 Å². The van der Waals surface area contributed by atoms with Crippen LogP contribution in [0.3, 0.4) is 0 Å². The van der Waals surface area contributed by atoms with Gasteiger partial charge < -0.3 is 10.7 Å². The van der Waals surface area contributed by atoms with E-state index in [1.807, 2.05) is 6.07 Å². The van der Waals surface area contributed by atoms with Crippen LogP contribution in [0.1, 0.15) is 31.1 Å². The molecule has 2 heterocycles.